The number of aromatic carboxylic acids is 1. The zero-order valence-corrected chi connectivity index (χ0v) is 8.36. The highest BCUT2D eigenvalue weighted by Crippen LogP contribution is 2.31. The first-order chi connectivity index (χ1) is 7.10. The molecule has 0 aliphatic rings. The molecule has 0 radical (unpaired) electrons. The second-order valence-electron chi connectivity index (χ2n) is 3.04. The number of ether oxygens (including phenoxy) is 1. The summed E-state index contributed by atoms with van der Waals surface area (Å²) >= 11 is 0. The van der Waals surface area contributed by atoms with Crippen LogP contribution in [0.25, 0.3) is 0 Å². The van der Waals surface area contributed by atoms with E-state index in [-0.39, 0.29) is 17.1 Å². The zero-order chi connectivity index (χ0) is 11.4. The SMILES string of the molecule is COc1cc(CCN)cc(C(=O)O)c1O. The summed E-state index contributed by atoms with van der Waals surface area (Å²) in [4.78, 5) is 10.8. The van der Waals surface area contributed by atoms with E-state index >= 15 is 0 Å². The van der Waals surface area contributed by atoms with E-state index < -0.39 is 5.97 Å². The van der Waals surface area contributed by atoms with E-state index in [4.69, 9.17) is 15.6 Å². The summed E-state index contributed by atoms with van der Waals surface area (Å²) < 4.78 is 4.87. The van der Waals surface area contributed by atoms with Gasteiger partial charge < -0.3 is 20.7 Å². The average Bonchev–Trinajstić information content (AvgIpc) is 2.20. The van der Waals surface area contributed by atoms with Gasteiger partial charge in [-0.25, -0.2) is 4.79 Å². The number of aromatic hydroxyl groups is 1. The Labute approximate surface area is 87.1 Å². The van der Waals surface area contributed by atoms with Gasteiger partial charge in [-0.15, -0.1) is 0 Å². The third kappa shape index (κ3) is 2.38. The van der Waals surface area contributed by atoms with Crippen molar-refractivity contribution in [3.8, 4) is 11.5 Å². The second kappa shape index (κ2) is 4.65. The molecule has 4 N–H and O–H groups in total. The molecule has 0 fully saturated rings. The number of phenols is 1. The molecule has 0 aliphatic carbocycles. The number of hydrogen-bond acceptors (Lipinski definition) is 4. The van der Waals surface area contributed by atoms with E-state index in [1.54, 1.807) is 6.07 Å². The highest BCUT2D eigenvalue weighted by Gasteiger charge is 2.15. The quantitative estimate of drug-likeness (QED) is 0.678. The van der Waals surface area contributed by atoms with Gasteiger partial charge in [-0.2, -0.15) is 0 Å². The fourth-order valence-electron chi connectivity index (χ4n) is 1.29. The number of benzene rings is 1. The largest absolute Gasteiger partial charge is 0.504 e. The van der Waals surface area contributed by atoms with Gasteiger partial charge in [0.1, 0.15) is 5.56 Å². The Morgan fingerprint density at radius 2 is 2.20 bits per heavy atom. The first kappa shape index (κ1) is 11.3. The van der Waals surface area contributed by atoms with E-state index in [9.17, 15) is 9.90 Å². The van der Waals surface area contributed by atoms with Crippen LogP contribution in [0.4, 0.5) is 0 Å². The number of carboxylic acid groups (broad SMARTS) is 1. The molecule has 15 heavy (non-hydrogen) atoms. The highest BCUT2D eigenvalue weighted by molar-refractivity contribution is 5.92. The molecule has 0 aliphatic heterocycles. The Hall–Kier alpha value is -1.75. The molecular formula is C10H13NO4. The Morgan fingerprint density at radius 1 is 1.53 bits per heavy atom. The van der Waals surface area contributed by atoms with E-state index in [0.717, 1.165) is 5.56 Å². The van der Waals surface area contributed by atoms with Gasteiger partial charge in [-0.1, -0.05) is 0 Å². The van der Waals surface area contributed by atoms with Crippen LogP contribution in [0.1, 0.15) is 15.9 Å². The van der Waals surface area contributed by atoms with Crippen LogP contribution in [-0.4, -0.2) is 29.8 Å². The van der Waals surface area contributed by atoms with Crippen LogP contribution in [0, 0.1) is 0 Å². The predicted octanol–water partition coefficient (Wildman–Crippen LogP) is 0.600. The first-order valence-corrected chi connectivity index (χ1v) is 4.43. The normalized spacial score (nSPS) is 10.0. The maximum Gasteiger partial charge on any atom is 0.339 e. The van der Waals surface area contributed by atoms with Crippen molar-refractivity contribution >= 4 is 5.97 Å². The van der Waals surface area contributed by atoms with Gasteiger partial charge in [-0.3, -0.25) is 0 Å². The highest BCUT2D eigenvalue weighted by atomic mass is 16.5. The Kier molecular flexibility index (Phi) is 3.51. The van der Waals surface area contributed by atoms with Gasteiger partial charge in [0.25, 0.3) is 0 Å². The molecule has 0 heterocycles. The van der Waals surface area contributed by atoms with Gasteiger partial charge in [0.05, 0.1) is 7.11 Å². The van der Waals surface area contributed by atoms with Crippen molar-refractivity contribution in [2.24, 2.45) is 5.73 Å². The van der Waals surface area contributed by atoms with Gasteiger partial charge in [-0.05, 0) is 30.7 Å². The summed E-state index contributed by atoms with van der Waals surface area (Å²) in [6, 6.07) is 2.97. The number of methoxy groups -OCH3 is 1. The lowest BCUT2D eigenvalue weighted by atomic mass is 10.1. The molecule has 0 amide bonds. The van der Waals surface area contributed by atoms with Crippen molar-refractivity contribution < 1.29 is 19.7 Å². The molecule has 5 nitrogen and oxygen atoms in total. The number of nitrogens with two attached hydrogens (primary N) is 1. The second-order valence-corrected chi connectivity index (χ2v) is 3.04. The summed E-state index contributed by atoms with van der Waals surface area (Å²) in [6.07, 6.45) is 0.539. The summed E-state index contributed by atoms with van der Waals surface area (Å²) in [6.45, 7) is 0.410. The topological polar surface area (TPSA) is 92.8 Å². The van der Waals surface area contributed by atoms with E-state index in [1.165, 1.54) is 13.2 Å². The molecule has 0 saturated carbocycles. The number of carbonyl (C=O) groups is 1. The molecule has 0 aromatic heterocycles. The van der Waals surface area contributed by atoms with Gasteiger partial charge in [0, 0.05) is 0 Å². The molecule has 82 valence electrons. The summed E-state index contributed by atoms with van der Waals surface area (Å²) in [5, 5.41) is 18.3. The van der Waals surface area contributed by atoms with Crippen molar-refractivity contribution in [2.75, 3.05) is 13.7 Å². The predicted molar refractivity (Wildman–Crippen MR) is 54.4 cm³/mol. The fourth-order valence-corrected chi connectivity index (χ4v) is 1.29. The third-order valence-electron chi connectivity index (χ3n) is 2.02. The van der Waals surface area contributed by atoms with Crippen LogP contribution in [0.3, 0.4) is 0 Å². The molecule has 0 bridgehead atoms. The van der Waals surface area contributed by atoms with Crippen molar-refractivity contribution in [3.05, 3.63) is 23.3 Å². The lowest BCUT2D eigenvalue weighted by molar-refractivity contribution is 0.0693. The molecule has 0 atom stereocenters. The lowest BCUT2D eigenvalue weighted by Gasteiger charge is -2.09. The van der Waals surface area contributed by atoms with Crippen LogP contribution in [-0.2, 0) is 6.42 Å². The lowest BCUT2D eigenvalue weighted by Crippen LogP contribution is -2.05. The number of rotatable bonds is 4. The number of carboxylic acids is 1. The van der Waals surface area contributed by atoms with Gasteiger partial charge in [0.15, 0.2) is 11.5 Å². The minimum Gasteiger partial charge on any atom is -0.504 e. The Balaban J connectivity index is 3.25. The standard InChI is InChI=1S/C10H13NO4/c1-15-8-5-6(2-3-11)4-7(9(8)12)10(13)14/h4-5,12H,2-3,11H2,1H3,(H,13,14). The smallest absolute Gasteiger partial charge is 0.339 e. The van der Waals surface area contributed by atoms with E-state index in [1.807, 2.05) is 0 Å². The molecule has 0 spiro atoms. The first-order valence-electron chi connectivity index (χ1n) is 4.43. The van der Waals surface area contributed by atoms with E-state index in [2.05, 4.69) is 0 Å². The summed E-state index contributed by atoms with van der Waals surface area (Å²) in [5.74, 6) is -1.39. The average molecular weight is 211 g/mol. The monoisotopic (exact) mass is 211 g/mol. The Morgan fingerprint density at radius 3 is 2.67 bits per heavy atom. The minimum atomic E-state index is -1.19. The van der Waals surface area contributed by atoms with Crippen LogP contribution in [0.2, 0.25) is 0 Å². The van der Waals surface area contributed by atoms with Gasteiger partial charge in [0.2, 0.25) is 0 Å². The molecular weight excluding hydrogens is 198 g/mol. The van der Waals surface area contributed by atoms with Gasteiger partial charge >= 0.3 is 5.97 Å². The molecule has 5 heteroatoms. The molecule has 0 unspecified atom stereocenters. The molecule has 0 saturated heterocycles. The molecule has 1 rings (SSSR count). The molecule has 1 aromatic carbocycles. The van der Waals surface area contributed by atoms with Crippen molar-refractivity contribution in [2.45, 2.75) is 6.42 Å². The maximum absolute atomic E-state index is 10.8. The molecule has 1 aromatic rings. The van der Waals surface area contributed by atoms with E-state index in [0.29, 0.717) is 13.0 Å². The maximum atomic E-state index is 10.8. The zero-order valence-electron chi connectivity index (χ0n) is 8.36. The fraction of sp³-hybridized carbons (Fsp3) is 0.300. The van der Waals surface area contributed by atoms with Crippen molar-refractivity contribution in [1.29, 1.82) is 0 Å². The van der Waals surface area contributed by atoms with Crippen LogP contribution in [0.15, 0.2) is 12.1 Å². The van der Waals surface area contributed by atoms with Crippen LogP contribution < -0.4 is 10.5 Å². The third-order valence-corrected chi connectivity index (χ3v) is 2.02. The summed E-state index contributed by atoms with van der Waals surface area (Å²) in [7, 11) is 1.37. The van der Waals surface area contributed by atoms with Crippen LogP contribution in [0.5, 0.6) is 11.5 Å². The summed E-state index contributed by atoms with van der Waals surface area (Å²) in [5.41, 5.74) is 5.92. The number of hydrogen-bond donors (Lipinski definition) is 3. The van der Waals surface area contributed by atoms with Crippen molar-refractivity contribution in [3.63, 3.8) is 0 Å². The van der Waals surface area contributed by atoms with Crippen LogP contribution >= 0.6 is 0 Å². The Bertz CT molecular complexity index is 376. The van der Waals surface area contributed by atoms with Crippen molar-refractivity contribution in [1.82, 2.24) is 0 Å². The minimum absolute atomic E-state index is 0.151.